The van der Waals surface area contributed by atoms with Gasteiger partial charge in [0.25, 0.3) is 11.1 Å². The van der Waals surface area contributed by atoms with E-state index in [2.05, 4.69) is 20.5 Å². The smallest absolute Gasteiger partial charge is 0.277 e. The maximum absolute atomic E-state index is 11.8. The maximum atomic E-state index is 11.8. The van der Waals surface area contributed by atoms with Gasteiger partial charge in [0.05, 0.1) is 27.8 Å². The highest BCUT2D eigenvalue weighted by Gasteiger charge is 2.14. The Bertz CT molecular complexity index is 841. The lowest BCUT2D eigenvalue weighted by Gasteiger charge is -2.00. The molecule has 0 bridgehead atoms. The molecule has 0 radical (unpaired) electrons. The van der Waals surface area contributed by atoms with Gasteiger partial charge in [0.15, 0.2) is 0 Å². The minimum absolute atomic E-state index is 0.0224. The first kappa shape index (κ1) is 16.8. The third-order valence-corrected chi connectivity index (χ3v) is 5.28. The molecule has 3 heterocycles. The molecule has 7 nitrogen and oxygen atoms in total. The zero-order valence-electron chi connectivity index (χ0n) is 12.5. The van der Waals surface area contributed by atoms with Crippen LogP contribution in [0.5, 0.6) is 0 Å². The van der Waals surface area contributed by atoms with E-state index >= 15 is 0 Å². The summed E-state index contributed by atoms with van der Waals surface area (Å²) < 4.78 is 5.47. The van der Waals surface area contributed by atoms with Gasteiger partial charge >= 0.3 is 0 Å². The van der Waals surface area contributed by atoms with Gasteiger partial charge in [0, 0.05) is 5.38 Å². The van der Waals surface area contributed by atoms with Gasteiger partial charge in [-0.1, -0.05) is 17.8 Å². The zero-order chi connectivity index (χ0) is 16.9. The molecular formula is C14H12N4O3S3. The number of aryl methyl sites for hydroxylation is 1. The van der Waals surface area contributed by atoms with Crippen molar-refractivity contribution in [3.05, 3.63) is 44.4 Å². The zero-order valence-corrected chi connectivity index (χ0v) is 15.0. The van der Waals surface area contributed by atoms with Crippen molar-refractivity contribution in [2.75, 3.05) is 5.75 Å². The minimum atomic E-state index is -0.409. The Morgan fingerprint density at radius 2 is 2.21 bits per heavy atom. The number of hydrogen-bond acceptors (Lipinski definition) is 9. The molecule has 3 rings (SSSR count). The SMILES string of the molecule is Cc1nc(Cc2nnc(SCC(=O)NC(=O)c3cccs3)o2)cs1. The fraction of sp³-hybridized carbons (Fsp3) is 0.214. The topological polar surface area (TPSA) is 98.0 Å². The van der Waals surface area contributed by atoms with E-state index in [1.165, 1.54) is 11.3 Å². The van der Waals surface area contributed by atoms with Crippen molar-refractivity contribution in [3.63, 3.8) is 0 Å². The lowest BCUT2D eigenvalue weighted by atomic mass is 10.3. The average molecular weight is 380 g/mol. The van der Waals surface area contributed by atoms with Gasteiger partial charge in [-0.25, -0.2) is 4.98 Å². The fourth-order valence-electron chi connectivity index (χ4n) is 1.77. The van der Waals surface area contributed by atoms with E-state index in [-0.39, 0.29) is 11.0 Å². The van der Waals surface area contributed by atoms with Crippen molar-refractivity contribution in [2.45, 2.75) is 18.6 Å². The molecule has 3 aromatic rings. The van der Waals surface area contributed by atoms with E-state index in [1.54, 1.807) is 28.8 Å². The summed E-state index contributed by atoms with van der Waals surface area (Å²) in [7, 11) is 0. The van der Waals surface area contributed by atoms with Gasteiger partial charge in [-0.05, 0) is 18.4 Å². The van der Waals surface area contributed by atoms with Crippen LogP contribution in [0.4, 0.5) is 0 Å². The molecule has 3 aromatic heterocycles. The number of nitrogens with one attached hydrogen (secondary N) is 1. The molecule has 0 aliphatic rings. The molecule has 0 saturated carbocycles. The van der Waals surface area contributed by atoms with Crippen LogP contribution < -0.4 is 5.32 Å². The monoisotopic (exact) mass is 380 g/mol. The van der Waals surface area contributed by atoms with E-state index in [4.69, 9.17) is 4.42 Å². The van der Waals surface area contributed by atoms with Crippen molar-refractivity contribution in [3.8, 4) is 0 Å². The predicted molar refractivity (Wildman–Crippen MR) is 91.5 cm³/mol. The fourth-order valence-corrected chi connectivity index (χ4v) is 3.58. The Morgan fingerprint density at radius 1 is 1.33 bits per heavy atom. The number of imide groups is 1. The van der Waals surface area contributed by atoms with E-state index in [1.807, 2.05) is 12.3 Å². The Balaban J connectivity index is 1.48. The summed E-state index contributed by atoms with van der Waals surface area (Å²) in [6.45, 7) is 1.93. The van der Waals surface area contributed by atoms with Crippen molar-refractivity contribution >= 4 is 46.2 Å². The lowest BCUT2D eigenvalue weighted by molar-refractivity contribution is -0.117. The average Bonchev–Trinajstić information content (AvgIpc) is 3.28. The molecule has 0 unspecified atom stereocenters. The first-order valence-electron chi connectivity index (χ1n) is 6.84. The second kappa shape index (κ2) is 7.69. The van der Waals surface area contributed by atoms with E-state index < -0.39 is 11.8 Å². The second-order valence-corrected chi connectivity index (χ2v) is 7.58. The molecule has 0 atom stereocenters. The molecular weight excluding hydrogens is 368 g/mol. The summed E-state index contributed by atoms with van der Waals surface area (Å²) in [6, 6.07) is 3.41. The van der Waals surface area contributed by atoms with Crippen LogP contribution in [0.25, 0.3) is 0 Å². The quantitative estimate of drug-likeness (QED) is 0.656. The summed E-state index contributed by atoms with van der Waals surface area (Å²) in [5.74, 6) is -0.346. The van der Waals surface area contributed by atoms with Gasteiger partial charge < -0.3 is 4.42 Å². The standard InChI is InChI=1S/C14H12N4O3S3/c1-8-15-9(6-23-8)5-12-17-18-14(21-12)24-7-11(19)16-13(20)10-3-2-4-22-10/h2-4,6H,5,7H2,1H3,(H,16,19,20). The third-order valence-electron chi connectivity index (χ3n) is 2.77. The van der Waals surface area contributed by atoms with Crippen LogP contribution in [0.1, 0.15) is 26.3 Å². The van der Waals surface area contributed by atoms with E-state index in [9.17, 15) is 9.59 Å². The van der Waals surface area contributed by atoms with E-state index in [0.29, 0.717) is 17.2 Å². The second-order valence-electron chi connectivity index (χ2n) is 4.64. The first-order chi connectivity index (χ1) is 11.6. The van der Waals surface area contributed by atoms with Gasteiger partial charge in [-0.15, -0.1) is 32.9 Å². The maximum Gasteiger partial charge on any atom is 0.277 e. The van der Waals surface area contributed by atoms with Gasteiger partial charge in [-0.2, -0.15) is 0 Å². The van der Waals surface area contributed by atoms with Crippen LogP contribution in [0.3, 0.4) is 0 Å². The molecule has 0 fully saturated rings. The van der Waals surface area contributed by atoms with Crippen molar-refractivity contribution in [2.24, 2.45) is 0 Å². The lowest BCUT2D eigenvalue weighted by Crippen LogP contribution is -2.31. The number of thiazole rings is 1. The largest absolute Gasteiger partial charge is 0.416 e. The highest BCUT2D eigenvalue weighted by Crippen LogP contribution is 2.18. The highest BCUT2D eigenvalue weighted by molar-refractivity contribution is 7.99. The number of nitrogens with zero attached hydrogens (tertiary/aromatic N) is 3. The number of carbonyl (C=O) groups is 2. The summed E-state index contributed by atoms with van der Waals surface area (Å²) in [5, 5.41) is 15.1. The van der Waals surface area contributed by atoms with Crippen molar-refractivity contribution < 1.29 is 14.0 Å². The molecule has 0 aliphatic heterocycles. The van der Waals surface area contributed by atoms with Crippen molar-refractivity contribution in [1.82, 2.24) is 20.5 Å². The third kappa shape index (κ3) is 4.49. The highest BCUT2D eigenvalue weighted by atomic mass is 32.2. The Hall–Kier alpha value is -2.04. The number of thiophene rings is 1. The first-order valence-corrected chi connectivity index (χ1v) is 9.58. The Labute approximate surface area is 149 Å². The Kier molecular flexibility index (Phi) is 5.38. The molecule has 0 aromatic carbocycles. The number of thioether (sulfide) groups is 1. The number of rotatable bonds is 6. The van der Waals surface area contributed by atoms with Crippen LogP contribution in [0, 0.1) is 6.92 Å². The van der Waals surface area contributed by atoms with Gasteiger partial charge in [-0.3, -0.25) is 14.9 Å². The number of hydrogen-bond donors (Lipinski definition) is 1. The summed E-state index contributed by atoms with van der Waals surface area (Å²) >= 11 is 3.92. The molecule has 124 valence electrons. The molecule has 2 amide bonds. The normalized spacial score (nSPS) is 10.7. The number of aromatic nitrogens is 3. The molecule has 0 aliphatic carbocycles. The van der Waals surface area contributed by atoms with Crippen LogP contribution in [-0.4, -0.2) is 32.7 Å². The summed E-state index contributed by atoms with van der Waals surface area (Å²) in [6.07, 6.45) is 0.459. The van der Waals surface area contributed by atoms with Crippen LogP contribution >= 0.6 is 34.4 Å². The van der Waals surface area contributed by atoms with Gasteiger partial charge in [0.2, 0.25) is 11.8 Å². The molecule has 1 N–H and O–H groups in total. The van der Waals surface area contributed by atoms with Crippen LogP contribution in [0.15, 0.2) is 32.5 Å². The predicted octanol–water partition coefficient (Wildman–Crippen LogP) is 2.54. The molecule has 0 spiro atoms. The molecule has 24 heavy (non-hydrogen) atoms. The Morgan fingerprint density at radius 3 is 2.92 bits per heavy atom. The van der Waals surface area contributed by atoms with E-state index in [0.717, 1.165) is 22.5 Å². The number of amides is 2. The molecule has 0 saturated heterocycles. The van der Waals surface area contributed by atoms with Crippen LogP contribution in [0.2, 0.25) is 0 Å². The summed E-state index contributed by atoms with van der Waals surface area (Å²) in [4.78, 5) is 28.3. The number of carbonyl (C=O) groups excluding carboxylic acids is 2. The van der Waals surface area contributed by atoms with Crippen LogP contribution in [-0.2, 0) is 11.2 Å². The summed E-state index contributed by atoms with van der Waals surface area (Å²) in [5.41, 5.74) is 0.872. The molecule has 10 heteroatoms. The van der Waals surface area contributed by atoms with Crippen molar-refractivity contribution in [1.29, 1.82) is 0 Å². The minimum Gasteiger partial charge on any atom is -0.416 e. The van der Waals surface area contributed by atoms with Gasteiger partial charge in [0.1, 0.15) is 0 Å².